The van der Waals surface area contributed by atoms with Crippen LogP contribution in [0, 0.1) is 6.92 Å². The van der Waals surface area contributed by atoms with E-state index in [1.165, 1.54) is 25.7 Å². The van der Waals surface area contributed by atoms with Gasteiger partial charge in [-0.05, 0) is 37.5 Å². The van der Waals surface area contributed by atoms with Gasteiger partial charge in [-0.15, -0.1) is 0 Å². The van der Waals surface area contributed by atoms with E-state index in [4.69, 9.17) is 13.9 Å². The molecule has 0 atom stereocenters. The first-order valence-corrected chi connectivity index (χ1v) is 11.2. The lowest BCUT2D eigenvalue weighted by Crippen LogP contribution is -2.08. The Morgan fingerprint density at radius 2 is 1.72 bits per heavy atom. The lowest BCUT2D eigenvalue weighted by Gasteiger charge is -2.12. The van der Waals surface area contributed by atoms with Gasteiger partial charge in [0.05, 0.1) is 5.56 Å². The fourth-order valence-corrected chi connectivity index (χ4v) is 4.23. The van der Waals surface area contributed by atoms with Crippen molar-refractivity contribution in [2.24, 2.45) is 0 Å². The summed E-state index contributed by atoms with van der Waals surface area (Å²) in [5, 5.41) is 9.48. The number of rotatable bonds is 8. The molecule has 0 spiro atoms. The van der Waals surface area contributed by atoms with Gasteiger partial charge in [-0.3, -0.25) is 0 Å². The lowest BCUT2D eigenvalue weighted by molar-refractivity contribution is 0.0693. The van der Waals surface area contributed by atoms with Gasteiger partial charge < -0.3 is 19.0 Å². The van der Waals surface area contributed by atoms with E-state index < -0.39 is 5.97 Å². The summed E-state index contributed by atoms with van der Waals surface area (Å²) < 4.78 is 17.5. The summed E-state index contributed by atoms with van der Waals surface area (Å²) in [4.78, 5) is 16.2. The Morgan fingerprint density at radius 1 is 1.03 bits per heavy atom. The molecule has 0 saturated heterocycles. The number of hydrogen-bond acceptors (Lipinski definition) is 5. The van der Waals surface area contributed by atoms with E-state index in [0.29, 0.717) is 35.2 Å². The van der Waals surface area contributed by atoms with Gasteiger partial charge in [-0.25, -0.2) is 9.78 Å². The highest BCUT2D eigenvalue weighted by Gasteiger charge is 2.19. The average molecular weight is 436 g/mol. The standard InChI is InChI=1S/C26H29NO5/c1-18-8-6-11-20(24(18)26(28)29)15-30-22-12-7-13-23(14-22)31-16-21-17-32-25(27-21)19-9-4-2-3-5-10-19/h6-8,11-14,17,19H,2-5,9-10,15-16H2,1H3,(H,28,29). The Hall–Kier alpha value is -3.28. The third-order valence-corrected chi connectivity index (χ3v) is 5.93. The van der Waals surface area contributed by atoms with Crippen LogP contribution in [-0.2, 0) is 13.2 Å². The molecule has 4 rings (SSSR count). The Labute approximate surface area is 188 Å². The zero-order valence-electron chi connectivity index (χ0n) is 18.4. The Morgan fingerprint density at radius 3 is 2.44 bits per heavy atom. The maximum absolute atomic E-state index is 11.6. The van der Waals surface area contributed by atoms with E-state index in [1.807, 2.05) is 24.3 Å². The molecule has 1 heterocycles. The molecule has 1 aliphatic carbocycles. The lowest BCUT2D eigenvalue weighted by atomic mass is 10.0. The first-order chi connectivity index (χ1) is 15.6. The van der Waals surface area contributed by atoms with E-state index >= 15 is 0 Å². The number of carboxylic acid groups (broad SMARTS) is 1. The molecule has 0 bridgehead atoms. The molecule has 32 heavy (non-hydrogen) atoms. The van der Waals surface area contributed by atoms with Crippen LogP contribution in [0.25, 0.3) is 0 Å². The smallest absolute Gasteiger partial charge is 0.336 e. The predicted octanol–water partition coefficient (Wildman–Crippen LogP) is 6.28. The number of carboxylic acids is 1. The molecule has 1 N–H and O–H groups in total. The van der Waals surface area contributed by atoms with Crippen LogP contribution in [0.4, 0.5) is 0 Å². The third kappa shape index (κ3) is 5.49. The van der Waals surface area contributed by atoms with E-state index in [1.54, 1.807) is 31.4 Å². The molecule has 0 unspecified atom stereocenters. The van der Waals surface area contributed by atoms with Crippen molar-refractivity contribution < 1.29 is 23.8 Å². The molecule has 3 aromatic rings. The summed E-state index contributed by atoms with van der Waals surface area (Å²) in [7, 11) is 0. The number of aromatic nitrogens is 1. The number of oxazole rings is 1. The minimum absolute atomic E-state index is 0.167. The number of aryl methyl sites for hydroxylation is 1. The van der Waals surface area contributed by atoms with Gasteiger partial charge in [0, 0.05) is 17.5 Å². The van der Waals surface area contributed by atoms with Crippen molar-refractivity contribution in [2.75, 3.05) is 0 Å². The maximum Gasteiger partial charge on any atom is 0.336 e. The number of carbonyl (C=O) groups is 1. The van der Waals surface area contributed by atoms with Crippen LogP contribution < -0.4 is 9.47 Å². The van der Waals surface area contributed by atoms with Crippen LogP contribution in [0.15, 0.2) is 53.1 Å². The minimum Gasteiger partial charge on any atom is -0.489 e. The van der Waals surface area contributed by atoms with Crippen molar-refractivity contribution in [3.8, 4) is 11.5 Å². The van der Waals surface area contributed by atoms with Gasteiger partial charge in [-0.1, -0.05) is 49.9 Å². The first kappa shape index (κ1) is 21.9. The van der Waals surface area contributed by atoms with Crippen molar-refractivity contribution in [2.45, 2.75) is 64.6 Å². The molecular weight excluding hydrogens is 406 g/mol. The van der Waals surface area contributed by atoms with Crippen molar-refractivity contribution in [3.63, 3.8) is 0 Å². The fourth-order valence-electron chi connectivity index (χ4n) is 4.23. The van der Waals surface area contributed by atoms with Crippen molar-refractivity contribution in [1.82, 2.24) is 4.98 Å². The topological polar surface area (TPSA) is 81.8 Å². The molecule has 1 saturated carbocycles. The van der Waals surface area contributed by atoms with Crippen LogP contribution in [0.3, 0.4) is 0 Å². The van der Waals surface area contributed by atoms with Crippen molar-refractivity contribution in [3.05, 3.63) is 77.0 Å². The second-order valence-electron chi connectivity index (χ2n) is 8.33. The number of benzene rings is 2. The van der Waals surface area contributed by atoms with Crippen LogP contribution in [0.5, 0.6) is 11.5 Å². The highest BCUT2D eigenvalue weighted by molar-refractivity contribution is 5.91. The van der Waals surface area contributed by atoms with E-state index in [9.17, 15) is 9.90 Å². The number of aromatic carboxylic acids is 1. The number of ether oxygens (including phenoxy) is 2. The summed E-state index contributed by atoms with van der Waals surface area (Å²) in [6.07, 6.45) is 9.05. The molecule has 0 amide bonds. The second kappa shape index (κ2) is 10.4. The van der Waals surface area contributed by atoms with E-state index in [0.717, 1.165) is 24.4 Å². The van der Waals surface area contributed by atoms with E-state index in [-0.39, 0.29) is 12.2 Å². The average Bonchev–Trinajstić information content (AvgIpc) is 3.09. The summed E-state index contributed by atoms with van der Waals surface area (Å²) in [5.74, 6) is 1.56. The van der Waals surface area contributed by atoms with Gasteiger partial charge >= 0.3 is 5.97 Å². The molecule has 6 nitrogen and oxygen atoms in total. The zero-order chi connectivity index (χ0) is 22.3. The largest absolute Gasteiger partial charge is 0.489 e. The van der Waals surface area contributed by atoms with Gasteiger partial charge in [0.2, 0.25) is 0 Å². The second-order valence-corrected chi connectivity index (χ2v) is 8.33. The highest BCUT2D eigenvalue weighted by atomic mass is 16.5. The summed E-state index contributed by atoms with van der Waals surface area (Å²) in [5.41, 5.74) is 2.42. The summed E-state index contributed by atoms with van der Waals surface area (Å²) in [6.45, 7) is 2.27. The first-order valence-electron chi connectivity index (χ1n) is 11.2. The van der Waals surface area contributed by atoms with Crippen LogP contribution >= 0.6 is 0 Å². The van der Waals surface area contributed by atoms with Crippen molar-refractivity contribution >= 4 is 5.97 Å². The highest BCUT2D eigenvalue weighted by Crippen LogP contribution is 2.31. The quantitative estimate of drug-likeness (QED) is 0.420. The molecular formula is C26H29NO5. The molecule has 0 radical (unpaired) electrons. The summed E-state index contributed by atoms with van der Waals surface area (Å²) >= 11 is 0. The molecule has 1 fully saturated rings. The monoisotopic (exact) mass is 435 g/mol. The Kier molecular flexibility index (Phi) is 7.10. The van der Waals surface area contributed by atoms with Crippen LogP contribution in [0.1, 0.15) is 77.5 Å². The fraction of sp³-hybridized carbons (Fsp3) is 0.385. The Bertz CT molecular complexity index is 1050. The predicted molar refractivity (Wildman–Crippen MR) is 120 cm³/mol. The van der Waals surface area contributed by atoms with Crippen LogP contribution in [0.2, 0.25) is 0 Å². The Balaban J connectivity index is 1.35. The molecule has 6 heteroatoms. The van der Waals surface area contributed by atoms with Gasteiger partial charge in [0.15, 0.2) is 5.89 Å². The van der Waals surface area contributed by atoms with Crippen LogP contribution in [-0.4, -0.2) is 16.1 Å². The molecule has 1 aliphatic rings. The third-order valence-electron chi connectivity index (χ3n) is 5.93. The summed E-state index contributed by atoms with van der Waals surface area (Å²) in [6, 6.07) is 12.7. The maximum atomic E-state index is 11.6. The van der Waals surface area contributed by atoms with Gasteiger partial charge in [0.25, 0.3) is 0 Å². The molecule has 1 aromatic heterocycles. The van der Waals surface area contributed by atoms with Crippen molar-refractivity contribution in [1.29, 1.82) is 0 Å². The SMILES string of the molecule is Cc1cccc(COc2cccc(OCc3coc(C4CCCCCC4)n3)c2)c1C(=O)O. The number of hydrogen-bond donors (Lipinski definition) is 1. The minimum atomic E-state index is -0.949. The normalized spacial score (nSPS) is 14.7. The van der Waals surface area contributed by atoms with Gasteiger partial charge in [-0.2, -0.15) is 0 Å². The van der Waals surface area contributed by atoms with E-state index in [2.05, 4.69) is 4.98 Å². The molecule has 168 valence electrons. The van der Waals surface area contributed by atoms with Gasteiger partial charge in [0.1, 0.15) is 36.7 Å². The molecule has 0 aliphatic heterocycles. The zero-order valence-corrected chi connectivity index (χ0v) is 18.4. The molecule has 2 aromatic carbocycles. The number of nitrogens with zero attached hydrogens (tertiary/aromatic N) is 1.